The van der Waals surface area contributed by atoms with Crippen LogP contribution in [-0.2, 0) is 16.0 Å². The highest BCUT2D eigenvalue weighted by Crippen LogP contribution is 2.44. The van der Waals surface area contributed by atoms with Crippen LogP contribution in [0.15, 0.2) is 78.9 Å². The van der Waals surface area contributed by atoms with Crippen molar-refractivity contribution in [3.05, 3.63) is 95.7 Å². The minimum Gasteiger partial charge on any atom is -0.481 e. The van der Waals surface area contributed by atoms with E-state index in [1.807, 2.05) is 54.6 Å². The minimum atomic E-state index is -0.977. The normalized spacial score (nSPS) is 13.3. The number of para-hydroxylation sites is 1. The van der Waals surface area contributed by atoms with Gasteiger partial charge in [0.25, 0.3) is 0 Å². The Morgan fingerprint density at radius 1 is 0.939 bits per heavy atom. The van der Waals surface area contributed by atoms with Gasteiger partial charge in [-0.05, 0) is 39.8 Å². The summed E-state index contributed by atoms with van der Waals surface area (Å²) in [6.45, 7) is 0.187. The maximum Gasteiger partial charge on any atom is 0.407 e. The molecule has 166 valence electrons. The van der Waals surface area contributed by atoms with Gasteiger partial charge in [-0.15, -0.1) is 0 Å². The molecule has 0 radical (unpaired) electrons. The molecular formula is C27H24N2O4. The van der Waals surface area contributed by atoms with Gasteiger partial charge in [-0.25, -0.2) is 4.79 Å². The van der Waals surface area contributed by atoms with Crippen LogP contribution in [0.3, 0.4) is 0 Å². The number of hydrogen-bond donors (Lipinski definition) is 3. The largest absolute Gasteiger partial charge is 0.481 e. The first-order valence-electron chi connectivity index (χ1n) is 11.0. The van der Waals surface area contributed by atoms with Gasteiger partial charge in [-0.1, -0.05) is 66.7 Å². The van der Waals surface area contributed by atoms with Gasteiger partial charge in [0, 0.05) is 29.6 Å². The second-order valence-corrected chi connectivity index (χ2v) is 8.35. The molecule has 1 atom stereocenters. The molecule has 1 aliphatic rings. The molecule has 1 aliphatic carbocycles. The molecule has 0 aliphatic heterocycles. The van der Waals surface area contributed by atoms with Crippen molar-refractivity contribution >= 4 is 23.0 Å². The zero-order valence-electron chi connectivity index (χ0n) is 18.0. The number of alkyl carbamates (subject to hydrolysis) is 1. The van der Waals surface area contributed by atoms with Crippen LogP contribution >= 0.6 is 0 Å². The molecule has 3 N–H and O–H groups in total. The highest BCUT2D eigenvalue weighted by atomic mass is 16.5. The van der Waals surface area contributed by atoms with Gasteiger partial charge in [0.15, 0.2) is 0 Å². The van der Waals surface area contributed by atoms with Gasteiger partial charge in [0.2, 0.25) is 0 Å². The number of carbonyl (C=O) groups excluding carboxylic acids is 1. The zero-order valence-corrected chi connectivity index (χ0v) is 18.0. The van der Waals surface area contributed by atoms with Crippen LogP contribution in [0, 0.1) is 0 Å². The van der Waals surface area contributed by atoms with Crippen LogP contribution in [0.5, 0.6) is 0 Å². The van der Waals surface area contributed by atoms with Crippen LogP contribution in [-0.4, -0.2) is 34.8 Å². The average Bonchev–Trinajstić information content (AvgIpc) is 3.35. The number of benzene rings is 3. The number of carbonyl (C=O) groups is 2. The molecule has 0 saturated heterocycles. The Morgan fingerprint density at radius 3 is 2.24 bits per heavy atom. The van der Waals surface area contributed by atoms with E-state index in [1.54, 1.807) is 0 Å². The fourth-order valence-corrected chi connectivity index (χ4v) is 4.70. The van der Waals surface area contributed by atoms with Crippen LogP contribution in [0.4, 0.5) is 4.79 Å². The number of H-pyrrole nitrogens is 1. The Bertz CT molecular complexity index is 1250. The Morgan fingerprint density at radius 2 is 1.58 bits per heavy atom. The molecule has 0 fully saturated rings. The Balaban J connectivity index is 1.27. The number of fused-ring (bicyclic) bond motifs is 4. The summed E-state index contributed by atoms with van der Waals surface area (Å²) in [6, 6.07) is 25.5. The van der Waals surface area contributed by atoms with E-state index in [-0.39, 0.29) is 18.9 Å². The Hall–Kier alpha value is -4.06. The number of rotatable bonds is 7. The number of carboxylic acid groups (broad SMARTS) is 1. The number of carboxylic acids is 1. The van der Waals surface area contributed by atoms with Crippen molar-refractivity contribution in [1.29, 1.82) is 0 Å². The van der Waals surface area contributed by atoms with Gasteiger partial charge in [0.1, 0.15) is 6.61 Å². The maximum absolute atomic E-state index is 12.6. The minimum absolute atomic E-state index is 0.0465. The summed E-state index contributed by atoms with van der Waals surface area (Å²) in [7, 11) is 0. The average molecular weight is 440 g/mol. The van der Waals surface area contributed by atoms with Gasteiger partial charge in [-0.3, -0.25) is 4.79 Å². The molecule has 3 aromatic carbocycles. The van der Waals surface area contributed by atoms with Crippen molar-refractivity contribution in [2.24, 2.45) is 0 Å². The fraction of sp³-hybridized carbons (Fsp3) is 0.185. The monoisotopic (exact) mass is 440 g/mol. The summed E-state index contributed by atoms with van der Waals surface area (Å²) < 4.78 is 5.60. The van der Waals surface area contributed by atoms with Gasteiger partial charge >= 0.3 is 12.1 Å². The molecule has 33 heavy (non-hydrogen) atoms. The number of aliphatic carboxylic acids is 1. The molecule has 1 heterocycles. The summed E-state index contributed by atoms with van der Waals surface area (Å²) in [5.41, 5.74) is 6.41. The van der Waals surface area contributed by atoms with Gasteiger partial charge < -0.3 is 20.1 Å². The molecule has 4 aromatic rings. The number of aromatic nitrogens is 1. The third kappa shape index (κ3) is 4.32. The summed E-state index contributed by atoms with van der Waals surface area (Å²) in [4.78, 5) is 27.3. The van der Waals surface area contributed by atoms with E-state index >= 15 is 0 Å². The molecular weight excluding hydrogens is 416 g/mol. The lowest BCUT2D eigenvalue weighted by atomic mass is 9.98. The van der Waals surface area contributed by atoms with Crippen LogP contribution in [0.1, 0.15) is 29.2 Å². The Kier molecular flexibility index (Phi) is 5.57. The van der Waals surface area contributed by atoms with Gasteiger partial charge in [0.05, 0.1) is 6.42 Å². The standard InChI is InChI=1S/C27H24N2O4/c30-26(31)15-19(14-18-13-17-7-1-6-12-25(17)28-18)29-27(32)33-16-24-22-10-4-2-8-20(22)21-9-3-5-11-23(21)24/h1-13,19,24,28H,14-16H2,(H,29,32)(H,30,31)/t19-/m1/s1. The van der Waals surface area contributed by atoms with Crippen LogP contribution in [0.25, 0.3) is 22.0 Å². The number of amides is 1. The molecule has 0 saturated carbocycles. The summed E-state index contributed by atoms with van der Waals surface area (Å²) in [5.74, 6) is -1.02. The van der Waals surface area contributed by atoms with Crippen molar-refractivity contribution < 1.29 is 19.4 Å². The summed E-state index contributed by atoms with van der Waals surface area (Å²) in [6.07, 6.45) is -0.440. The van der Waals surface area contributed by atoms with Crippen molar-refractivity contribution in [3.63, 3.8) is 0 Å². The molecule has 0 unspecified atom stereocenters. The second kappa shape index (κ2) is 8.82. The number of hydrogen-bond acceptors (Lipinski definition) is 3. The second-order valence-electron chi connectivity index (χ2n) is 8.35. The third-order valence-electron chi connectivity index (χ3n) is 6.14. The van der Waals surface area contributed by atoms with Crippen molar-refractivity contribution in [1.82, 2.24) is 10.3 Å². The lowest BCUT2D eigenvalue weighted by molar-refractivity contribution is -0.137. The molecule has 1 amide bonds. The topological polar surface area (TPSA) is 91.4 Å². The predicted molar refractivity (Wildman–Crippen MR) is 126 cm³/mol. The van der Waals surface area contributed by atoms with Crippen molar-refractivity contribution in [3.8, 4) is 11.1 Å². The summed E-state index contributed by atoms with van der Waals surface area (Å²) >= 11 is 0. The lowest BCUT2D eigenvalue weighted by Gasteiger charge is -2.18. The number of ether oxygens (including phenoxy) is 1. The van der Waals surface area contributed by atoms with E-state index in [4.69, 9.17) is 4.74 Å². The summed E-state index contributed by atoms with van der Waals surface area (Å²) in [5, 5.41) is 13.1. The number of aromatic amines is 1. The zero-order chi connectivity index (χ0) is 22.8. The van der Waals surface area contributed by atoms with Gasteiger partial charge in [-0.2, -0.15) is 0 Å². The molecule has 6 nitrogen and oxygen atoms in total. The first-order valence-corrected chi connectivity index (χ1v) is 11.0. The molecule has 0 spiro atoms. The van der Waals surface area contributed by atoms with E-state index in [2.05, 4.69) is 34.6 Å². The molecule has 1 aromatic heterocycles. The molecule has 0 bridgehead atoms. The van der Waals surface area contributed by atoms with E-state index in [0.29, 0.717) is 6.42 Å². The maximum atomic E-state index is 12.6. The smallest absolute Gasteiger partial charge is 0.407 e. The van der Waals surface area contributed by atoms with E-state index in [0.717, 1.165) is 38.9 Å². The van der Waals surface area contributed by atoms with Crippen LogP contribution in [0.2, 0.25) is 0 Å². The Labute approximate surface area is 191 Å². The molecule has 6 heteroatoms. The van der Waals surface area contributed by atoms with E-state index < -0.39 is 18.1 Å². The van der Waals surface area contributed by atoms with Crippen LogP contribution < -0.4 is 5.32 Å². The van der Waals surface area contributed by atoms with E-state index in [9.17, 15) is 14.7 Å². The first-order chi connectivity index (χ1) is 16.1. The van der Waals surface area contributed by atoms with E-state index in [1.165, 1.54) is 0 Å². The number of nitrogens with one attached hydrogen (secondary N) is 2. The fourth-order valence-electron chi connectivity index (χ4n) is 4.70. The van der Waals surface area contributed by atoms with Crippen molar-refractivity contribution in [2.75, 3.05) is 6.61 Å². The molecule has 5 rings (SSSR count). The quantitative estimate of drug-likeness (QED) is 0.373. The van der Waals surface area contributed by atoms with Crippen molar-refractivity contribution in [2.45, 2.75) is 24.8 Å². The highest BCUT2D eigenvalue weighted by molar-refractivity contribution is 5.81. The highest BCUT2D eigenvalue weighted by Gasteiger charge is 2.29. The first kappa shape index (κ1) is 20.8. The third-order valence-corrected chi connectivity index (χ3v) is 6.14. The SMILES string of the molecule is O=C(O)C[C@@H](Cc1cc2ccccc2[nH]1)NC(=O)OCC1c2ccccc2-c2ccccc21. The lowest BCUT2D eigenvalue weighted by Crippen LogP contribution is -2.39. The predicted octanol–water partition coefficient (Wildman–Crippen LogP) is 5.09.